The SMILES string of the molecule is CC[C@H]1CC[C@H]2[C@@H]3CC[C@H]4C[C@@H](OC(C)=O)CC[C@]4(C)[C@H]3C(=O)C[C@]12C. The molecule has 3 heteroatoms. The quantitative estimate of drug-likeness (QED) is 0.638. The summed E-state index contributed by atoms with van der Waals surface area (Å²) in [6, 6.07) is 0. The van der Waals surface area contributed by atoms with E-state index in [9.17, 15) is 9.59 Å². The highest BCUT2D eigenvalue weighted by Crippen LogP contribution is 2.66. The molecule has 4 aliphatic carbocycles. The van der Waals surface area contributed by atoms with Crippen LogP contribution >= 0.6 is 0 Å². The van der Waals surface area contributed by atoms with Gasteiger partial charge in [-0.2, -0.15) is 0 Å². The zero-order valence-corrected chi connectivity index (χ0v) is 17.1. The molecule has 0 bridgehead atoms. The Balaban J connectivity index is 1.59. The molecule has 0 heterocycles. The molecule has 0 aromatic rings. The molecule has 0 spiro atoms. The molecule has 4 fully saturated rings. The summed E-state index contributed by atoms with van der Waals surface area (Å²) in [6.45, 7) is 8.65. The summed E-state index contributed by atoms with van der Waals surface area (Å²) in [4.78, 5) is 24.8. The number of Topliss-reactive ketones (excluding diaryl/α,β-unsaturated/α-hetero) is 1. The standard InChI is InChI=1S/C23H36O3/c1-5-15-7-9-19-18-8-6-16-12-17(26-14(2)24)10-11-22(16,3)21(18)20(25)13-23(15,19)4/h15-19,21H,5-13H2,1-4H3/t15-,16-,17-,18-,19-,21+,22-,23+/m0/s1. The molecule has 0 aromatic carbocycles. The van der Waals surface area contributed by atoms with Crippen molar-refractivity contribution >= 4 is 11.8 Å². The van der Waals surface area contributed by atoms with Gasteiger partial charge in [-0.25, -0.2) is 0 Å². The molecule has 26 heavy (non-hydrogen) atoms. The van der Waals surface area contributed by atoms with E-state index >= 15 is 0 Å². The summed E-state index contributed by atoms with van der Waals surface area (Å²) < 4.78 is 5.54. The third-order valence-electron chi connectivity index (χ3n) is 9.32. The van der Waals surface area contributed by atoms with Crippen molar-refractivity contribution in [3.05, 3.63) is 0 Å². The number of ether oxygens (including phenoxy) is 1. The van der Waals surface area contributed by atoms with Crippen LogP contribution in [0, 0.1) is 40.4 Å². The van der Waals surface area contributed by atoms with Crippen LogP contribution in [0.1, 0.15) is 85.5 Å². The molecule has 0 saturated heterocycles. The topological polar surface area (TPSA) is 43.4 Å². The van der Waals surface area contributed by atoms with Gasteiger partial charge in [-0.15, -0.1) is 0 Å². The summed E-state index contributed by atoms with van der Waals surface area (Å²) in [5.41, 5.74) is 0.382. The molecule has 4 aliphatic rings. The van der Waals surface area contributed by atoms with Crippen molar-refractivity contribution in [1.29, 1.82) is 0 Å². The van der Waals surface area contributed by atoms with Gasteiger partial charge >= 0.3 is 5.97 Å². The monoisotopic (exact) mass is 360 g/mol. The van der Waals surface area contributed by atoms with Crippen molar-refractivity contribution in [2.45, 2.75) is 91.6 Å². The van der Waals surface area contributed by atoms with Crippen molar-refractivity contribution in [1.82, 2.24) is 0 Å². The van der Waals surface area contributed by atoms with Gasteiger partial charge in [0, 0.05) is 19.3 Å². The smallest absolute Gasteiger partial charge is 0.302 e. The summed E-state index contributed by atoms with van der Waals surface area (Å²) in [6.07, 6.45) is 10.1. The van der Waals surface area contributed by atoms with E-state index in [1.54, 1.807) is 0 Å². The fourth-order valence-corrected chi connectivity index (χ4v) is 8.15. The van der Waals surface area contributed by atoms with E-state index in [0.29, 0.717) is 17.6 Å². The predicted molar refractivity (Wildman–Crippen MR) is 101 cm³/mol. The van der Waals surface area contributed by atoms with Gasteiger partial charge < -0.3 is 4.74 Å². The molecule has 0 aromatic heterocycles. The van der Waals surface area contributed by atoms with E-state index in [2.05, 4.69) is 20.8 Å². The third kappa shape index (κ3) is 2.59. The lowest BCUT2D eigenvalue weighted by molar-refractivity contribution is -0.169. The molecule has 8 atom stereocenters. The average molecular weight is 361 g/mol. The number of fused-ring (bicyclic) bond motifs is 5. The first-order valence-corrected chi connectivity index (χ1v) is 11.0. The maximum atomic E-state index is 13.5. The molecule has 0 aliphatic heterocycles. The van der Waals surface area contributed by atoms with E-state index in [1.165, 1.54) is 39.0 Å². The molecular weight excluding hydrogens is 324 g/mol. The van der Waals surface area contributed by atoms with E-state index in [1.807, 2.05) is 0 Å². The van der Waals surface area contributed by atoms with Gasteiger partial charge in [-0.05, 0) is 79.4 Å². The van der Waals surface area contributed by atoms with Crippen molar-refractivity contribution < 1.29 is 14.3 Å². The number of hydrogen-bond acceptors (Lipinski definition) is 3. The van der Waals surface area contributed by atoms with Crippen LogP contribution < -0.4 is 0 Å². The summed E-state index contributed by atoms with van der Waals surface area (Å²) >= 11 is 0. The molecule has 4 saturated carbocycles. The molecular formula is C23H36O3. The third-order valence-corrected chi connectivity index (χ3v) is 9.32. The Bertz CT molecular complexity index is 598. The minimum absolute atomic E-state index is 0.0713. The fraction of sp³-hybridized carbons (Fsp3) is 0.913. The van der Waals surface area contributed by atoms with Crippen LogP contribution in [-0.4, -0.2) is 17.9 Å². The summed E-state index contributed by atoms with van der Waals surface area (Å²) in [5.74, 6) is 3.29. The largest absolute Gasteiger partial charge is 0.463 e. The van der Waals surface area contributed by atoms with Crippen molar-refractivity contribution in [3.8, 4) is 0 Å². The van der Waals surface area contributed by atoms with Crippen LogP contribution in [0.2, 0.25) is 0 Å². The van der Waals surface area contributed by atoms with Gasteiger partial charge in [-0.3, -0.25) is 9.59 Å². The highest BCUT2D eigenvalue weighted by Gasteiger charge is 2.62. The van der Waals surface area contributed by atoms with E-state index in [0.717, 1.165) is 37.5 Å². The van der Waals surface area contributed by atoms with Gasteiger partial charge in [0.2, 0.25) is 0 Å². The number of esters is 1. The molecule has 0 unspecified atom stereocenters. The normalized spacial score (nSPS) is 50.5. The van der Waals surface area contributed by atoms with Crippen LogP contribution in [0.25, 0.3) is 0 Å². The highest BCUT2D eigenvalue weighted by molar-refractivity contribution is 5.84. The van der Waals surface area contributed by atoms with E-state index in [4.69, 9.17) is 4.74 Å². The molecule has 4 rings (SSSR count). The first-order chi connectivity index (χ1) is 12.3. The first kappa shape index (κ1) is 18.5. The Labute approximate surface area is 158 Å². The molecule has 146 valence electrons. The lowest BCUT2D eigenvalue weighted by atomic mass is 9.44. The zero-order chi connectivity index (χ0) is 18.7. The minimum Gasteiger partial charge on any atom is -0.463 e. The van der Waals surface area contributed by atoms with Crippen LogP contribution in [-0.2, 0) is 14.3 Å². The van der Waals surface area contributed by atoms with Crippen LogP contribution in [0.15, 0.2) is 0 Å². The Hall–Kier alpha value is -0.860. The van der Waals surface area contributed by atoms with Gasteiger partial charge in [0.15, 0.2) is 0 Å². The van der Waals surface area contributed by atoms with Gasteiger partial charge in [0.1, 0.15) is 11.9 Å². The zero-order valence-electron chi connectivity index (χ0n) is 17.1. The second kappa shape index (κ2) is 6.34. The summed E-state index contributed by atoms with van der Waals surface area (Å²) in [7, 11) is 0. The average Bonchev–Trinajstić information content (AvgIpc) is 2.90. The highest BCUT2D eigenvalue weighted by atomic mass is 16.5. The Morgan fingerprint density at radius 3 is 2.58 bits per heavy atom. The molecule has 0 radical (unpaired) electrons. The predicted octanol–water partition coefficient (Wildman–Crippen LogP) is 5.17. The van der Waals surface area contributed by atoms with Crippen molar-refractivity contribution in [2.24, 2.45) is 40.4 Å². The van der Waals surface area contributed by atoms with E-state index in [-0.39, 0.29) is 28.8 Å². The van der Waals surface area contributed by atoms with Gasteiger partial charge in [-0.1, -0.05) is 27.2 Å². The number of hydrogen-bond donors (Lipinski definition) is 0. The number of ketones is 1. The number of carbonyl (C=O) groups is 2. The second-order valence-electron chi connectivity index (χ2n) is 10.4. The van der Waals surface area contributed by atoms with Crippen molar-refractivity contribution in [3.63, 3.8) is 0 Å². The maximum absolute atomic E-state index is 13.5. The van der Waals surface area contributed by atoms with Crippen molar-refractivity contribution in [2.75, 3.05) is 0 Å². The Kier molecular flexibility index (Phi) is 4.51. The Morgan fingerprint density at radius 1 is 1.12 bits per heavy atom. The van der Waals surface area contributed by atoms with Crippen LogP contribution in [0.5, 0.6) is 0 Å². The molecule has 3 nitrogen and oxygen atoms in total. The maximum Gasteiger partial charge on any atom is 0.302 e. The number of rotatable bonds is 2. The van der Waals surface area contributed by atoms with Crippen LogP contribution in [0.3, 0.4) is 0 Å². The lowest BCUT2D eigenvalue weighted by Crippen LogP contribution is -2.57. The first-order valence-electron chi connectivity index (χ1n) is 11.0. The number of carbonyl (C=O) groups excluding carboxylic acids is 2. The lowest BCUT2D eigenvalue weighted by Gasteiger charge is -2.60. The minimum atomic E-state index is -0.159. The molecule has 0 N–H and O–H groups in total. The fourth-order valence-electron chi connectivity index (χ4n) is 8.15. The van der Waals surface area contributed by atoms with Gasteiger partial charge in [0.25, 0.3) is 0 Å². The second-order valence-corrected chi connectivity index (χ2v) is 10.4. The summed E-state index contributed by atoms with van der Waals surface area (Å²) in [5, 5.41) is 0. The van der Waals surface area contributed by atoms with E-state index < -0.39 is 0 Å². The van der Waals surface area contributed by atoms with Gasteiger partial charge in [0.05, 0.1) is 0 Å². The van der Waals surface area contributed by atoms with Crippen LogP contribution in [0.4, 0.5) is 0 Å². The molecule has 0 amide bonds. The Morgan fingerprint density at radius 2 is 1.88 bits per heavy atom.